The maximum atomic E-state index is 5.57. The number of oxazole rings is 1. The second-order valence-corrected chi connectivity index (χ2v) is 5.66. The van der Waals surface area contributed by atoms with Gasteiger partial charge in [-0.05, 0) is 37.5 Å². The summed E-state index contributed by atoms with van der Waals surface area (Å²) in [4.78, 5) is 4.32. The van der Waals surface area contributed by atoms with Gasteiger partial charge in [0.2, 0.25) is 0 Å². The van der Waals surface area contributed by atoms with Gasteiger partial charge in [0.15, 0.2) is 12.2 Å². The predicted octanol–water partition coefficient (Wildman–Crippen LogP) is 3.66. The quantitative estimate of drug-likeness (QED) is 0.936. The summed E-state index contributed by atoms with van der Waals surface area (Å²) in [7, 11) is 0. The molecular weight excluding hydrogens is 292 g/mol. The third kappa shape index (κ3) is 2.49. The van der Waals surface area contributed by atoms with Crippen LogP contribution in [0.15, 0.2) is 33.5 Å². The molecule has 0 radical (unpaired) electrons. The van der Waals surface area contributed by atoms with Crippen molar-refractivity contribution < 1.29 is 4.42 Å². The Morgan fingerprint density at radius 3 is 3.06 bits per heavy atom. The molecule has 1 aliphatic carbocycles. The first-order valence-corrected chi connectivity index (χ1v) is 6.95. The number of benzene rings is 1. The van der Waals surface area contributed by atoms with Crippen LogP contribution < -0.4 is 5.32 Å². The van der Waals surface area contributed by atoms with Crippen LogP contribution in [-0.2, 0) is 6.54 Å². The number of aryl methyl sites for hydroxylation is 1. The number of halogens is 1. The van der Waals surface area contributed by atoms with Crippen molar-refractivity contribution in [2.75, 3.05) is 0 Å². The average Bonchev–Trinajstić information content (AvgIpc) is 3.08. The van der Waals surface area contributed by atoms with E-state index in [1.165, 1.54) is 24.8 Å². The summed E-state index contributed by atoms with van der Waals surface area (Å²) in [6, 6.07) is 6.88. The highest BCUT2D eigenvalue weighted by Gasteiger charge is 2.22. The smallest absolute Gasteiger partial charge is 0.181 e. The summed E-state index contributed by atoms with van der Waals surface area (Å²) in [5.74, 6) is 0.877. The molecule has 1 N–H and O–H groups in total. The SMILES string of the molecule is Cc1ccc(Br)cc1-c1ocnc1CNC1CC1. The van der Waals surface area contributed by atoms with Crippen LogP contribution >= 0.6 is 15.9 Å². The summed E-state index contributed by atoms with van der Waals surface area (Å²) in [5, 5.41) is 3.47. The van der Waals surface area contributed by atoms with E-state index in [4.69, 9.17) is 4.42 Å². The maximum absolute atomic E-state index is 5.57. The molecule has 0 unspecified atom stereocenters. The molecule has 0 bridgehead atoms. The number of nitrogens with zero attached hydrogens (tertiary/aromatic N) is 1. The third-order valence-electron chi connectivity index (χ3n) is 3.22. The van der Waals surface area contributed by atoms with Gasteiger partial charge in [0.25, 0.3) is 0 Å². The summed E-state index contributed by atoms with van der Waals surface area (Å²) < 4.78 is 6.62. The molecule has 0 atom stereocenters. The molecule has 3 rings (SSSR count). The second-order valence-electron chi connectivity index (χ2n) is 4.74. The van der Waals surface area contributed by atoms with Crippen LogP contribution in [0, 0.1) is 6.92 Å². The summed E-state index contributed by atoms with van der Waals surface area (Å²) in [5.41, 5.74) is 3.29. The lowest BCUT2D eigenvalue weighted by Gasteiger charge is -2.06. The second kappa shape index (κ2) is 4.86. The van der Waals surface area contributed by atoms with Gasteiger partial charge in [-0.3, -0.25) is 0 Å². The Labute approximate surface area is 115 Å². The van der Waals surface area contributed by atoms with Crippen molar-refractivity contribution in [3.63, 3.8) is 0 Å². The fourth-order valence-corrected chi connectivity index (χ4v) is 2.34. The van der Waals surface area contributed by atoms with E-state index in [-0.39, 0.29) is 0 Å². The van der Waals surface area contributed by atoms with Gasteiger partial charge in [-0.1, -0.05) is 22.0 Å². The highest BCUT2D eigenvalue weighted by Crippen LogP contribution is 2.29. The van der Waals surface area contributed by atoms with Crippen molar-refractivity contribution in [3.8, 4) is 11.3 Å². The van der Waals surface area contributed by atoms with E-state index in [0.29, 0.717) is 6.04 Å². The number of aromatic nitrogens is 1. The average molecular weight is 307 g/mol. The first-order valence-electron chi connectivity index (χ1n) is 6.16. The zero-order valence-electron chi connectivity index (χ0n) is 10.2. The Morgan fingerprint density at radius 1 is 1.44 bits per heavy atom. The number of hydrogen-bond acceptors (Lipinski definition) is 3. The highest BCUT2D eigenvalue weighted by molar-refractivity contribution is 9.10. The molecule has 18 heavy (non-hydrogen) atoms. The molecule has 1 aliphatic rings. The van der Waals surface area contributed by atoms with Gasteiger partial charge in [-0.15, -0.1) is 0 Å². The van der Waals surface area contributed by atoms with Crippen LogP contribution in [-0.4, -0.2) is 11.0 Å². The lowest BCUT2D eigenvalue weighted by Crippen LogP contribution is -2.16. The Bertz CT molecular complexity index is 561. The number of nitrogens with one attached hydrogen (secondary N) is 1. The molecule has 1 saturated carbocycles. The summed E-state index contributed by atoms with van der Waals surface area (Å²) in [6.45, 7) is 2.87. The van der Waals surface area contributed by atoms with E-state index in [9.17, 15) is 0 Å². The summed E-state index contributed by atoms with van der Waals surface area (Å²) in [6.07, 6.45) is 4.09. The molecule has 0 saturated heterocycles. The molecule has 1 heterocycles. The van der Waals surface area contributed by atoms with E-state index >= 15 is 0 Å². The molecule has 1 fully saturated rings. The minimum atomic E-state index is 0.679. The van der Waals surface area contributed by atoms with Crippen molar-refractivity contribution in [2.45, 2.75) is 32.4 Å². The van der Waals surface area contributed by atoms with Gasteiger partial charge >= 0.3 is 0 Å². The van der Waals surface area contributed by atoms with Crippen molar-refractivity contribution in [1.82, 2.24) is 10.3 Å². The first kappa shape index (κ1) is 11.9. The number of hydrogen-bond donors (Lipinski definition) is 1. The lowest BCUT2D eigenvalue weighted by molar-refractivity contribution is 0.569. The van der Waals surface area contributed by atoms with Crippen LogP contribution in [0.3, 0.4) is 0 Å². The minimum absolute atomic E-state index is 0.679. The van der Waals surface area contributed by atoms with Gasteiger partial charge < -0.3 is 9.73 Å². The highest BCUT2D eigenvalue weighted by atomic mass is 79.9. The van der Waals surface area contributed by atoms with Crippen LogP contribution in [0.4, 0.5) is 0 Å². The van der Waals surface area contributed by atoms with Crippen LogP contribution in [0.1, 0.15) is 24.1 Å². The van der Waals surface area contributed by atoms with Crippen molar-refractivity contribution in [2.24, 2.45) is 0 Å². The molecule has 3 nitrogen and oxygen atoms in total. The molecule has 1 aromatic heterocycles. The molecule has 94 valence electrons. The fourth-order valence-electron chi connectivity index (χ4n) is 1.98. The first-order chi connectivity index (χ1) is 8.74. The molecule has 0 spiro atoms. The Morgan fingerprint density at radius 2 is 2.28 bits per heavy atom. The Balaban J connectivity index is 1.90. The number of rotatable bonds is 4. The van der Waals surface area contributed by atoms with Crippen molar-refractivity contribution >= 4 is 15.9 Å². The summed E-state index contributed by atoms with van der Waals surface area (Å²) >= 11 is 3.50. The lowest BCUT2D eigenvalue weighted by atomic mass is 10.1. The largest absolute Gasteiger partial charge is 0.443 e. The minimum Gasteiger partial charge on any atom is -0.443 e. The van der Waals surface area contributed by atoms with Gasteiger partial charge in [-0.2, -0.15) is 0 Å². The van der Waals surface area contributed by atoms with Gasteiger partial charge in [0.05, 0.1) is 0 Å². The molecule has 4 heteroatoms. The van der Waals surface area contributed by atoms with Crippen LogP contribution in [0.5, 0.6) is 0 Å². The van der Waals surface area contributed by atoms with E-state index < -0.39 is 0 Å². The van der Waals surface area contributed by atoms with E-state index in [1.54, 1.807) is 0 Å². The molecular formula is C14H15BrN2O. The third-order valence-corrected chi connectivity index (χ3v) is 3.71. The molecule has 1 aromatic carbocycles. The van der Waals surface area contributed by atoms with Gasteiger partial charge in [0.1, 0.15) is 5.69 Å². The van der Waals surface area contributed by atoms with Crippen LogP contribution in [0.2, 0.25) is 0 Å². The van der Waals surface area contributed by atoms with Crippen molar-refractivity contribution in [3.05, 3.63) is 40.3 Å². The Kier molecular flexibility index (Phi) is 3.22. The van der Waals surface area contributed by atoms with Crippen LogP contribution in [0.25, 0.3) is 11.3 Å². The normalized spacial score (nSPS) is 15.0. The molecule has 0 aliphatic heterocycles. The Hall–Kier alpha value is -1.13. The van der Waals surface area contributed by atoms with Gasteiger partial charge in [0, 0.05) is 22.6 Å². The van der Waals surface area contributed by atoms with Gasteiger partial charge in [-0.25, -0.2) is 4.98 Å². The van der Waals surface area contributed by atoms with E-state index in [0.717, 1.165) is 28.0 Å². The molecule has 2 aromatic rings. The standard InChI is InChI=1S/C14H15BrN2O/c1-9-2-3-10(15)6-12(9)14-13(17-8-18-14)7-16-11-4-5-11/h2-3,6,8,11,16H,4-5,7H2,1H3. The fraction of sp³-hybridized carbons (Fsp3) is 0.357. The van der Waals surface area contributed by atoms with E-state index in [2.05, 4.69) is 45.3 Å². The molecule has 0 amide bonds. The topological polar surface area (TPSA) is 38.1 Å². The predicted molar refractivity (Wildman–Crippen MR) is 74.2 cm³/mol. The maximum Gasteiger partial charge on any atom is 0.181 e. The zero-order valence-corrected chi connectivity index (χ0v) is 11.8. The van der Waals surface area contributed by atoms with Crippen molar-refractivity contribution in [1.29, 1.82) is 0 Å². The van der Waals surface area contributed by atoms with E-state index in [1.807, 2.05) is 6.07 Å². The zero-order chi connectivity index (χ0) is 12.5. The monoisotopic (exact) mass is 306 g/mol.